The van der Waals surface area contributed by atoms with E-state index in [2.05, 4.69) is 20.2 Å². The van der Waals surface area contributed by atoms with Crippen LogP contribution in [0.25, 0.3) is 0 Å². The maximum atomic E-state index is 12.2. The smallest absolute Gasteiger partial charge is 0.243 e. The molecule has 0 amide bonds. The Morgan fingerprint density at radius 3 is 2.71 bits per heavy atom. The minimum atomic E-state index is -3.54. The molecule has 0 aliphatic rings. The molecule has 9 heteroatoms. The molecule has 0 saturated heterocycles. The average molecular weight is 312 g/mol. The van der Waals surface area contributed by atoms with E-state index in [1.807, 2.05) is 7.05 Å². The maximum absolute atomic E-state index is 12.2. The largest absolute Gasteiger partial charge is 0.320 e. The van der Waals surface area contributed by atoms with Gasteiger partial charge in [-0.25, -0.2) is 13.1 Å². The Morgan fingerprint density at radius 1 is 1.24 bits per heavy atom. The van der Waals surface area contributed by atoms with E-state index in [-0.39, 0.29) is 11.4 Å². The molecule has 0 saturated carbocycles. The third kappa shape index (κ3) is 4.38. The number of nitrogens with one attached hydrogen (secondary N) is 2. The second kappa shape index (κ2) is 6.83. The SMILES string of the molecule is CNCCCn1cc(S(=O)(=O)NCc2cnn(C)c2)cn1. The summed E-state index contributed by atoms with van der Waals surface area (Å²) in [5.74, 6) is 0. The molecule has 0 aliphatic heterocycles. The second-order valence-corrected chi connectivity index (χ2v) is 6.51. The lowest BCUT2D eigenvalue weighted by molar-refractivity contribution is 0.560. The molecule has 8 nitrogen and oxygen atoms in total. The van der Waals surface area contributed by atoms with Gasteiger partial charge in [-0.3, -0.25) is 9.36 Å². The molecule has 2 rings (SSSR count). The normalized spacial score (nSPS) is 11.9. The summed E-state index contributed by atoms with van der Waals surface area (Å²) in [4.78, 5) is 0.177. The van der Waals surface area contributed by atoms with Crippen molar-refractivity contribution < 1.29 is 8.42 Å². The topological polar surface area (TPSA) is 93.8 Å². The van der Waals surface area contributed by atoms with Crippen LogP contribution in [0.1, 0.15) is 12.0 Å². The molecular weight excluding hydrogens is 292 g/mol. The lowest BCUT2D eigenvalue weighted by atomic mass is 10.4. The van der Waals surface area contributed by atoms with Crippen molar-refractivity contribution in [3.8, 4) is 0 Å². The van der Waals surface area contributed by atoms with Crippen molar-refractivity contribution in [1.82, 2.24) is 29.6 Å². The molecule has 2 N–H and O–H groups in total. The highest BCUT2D eigenvalue weighted by atomic mass is 32.2. The number of aromatic nitrogens is 4. The third-order valence-corrected chi connectivity index (χ3v) is 4.31. The van der Waals surface area contributed by atoms with Crippen LogP contribution in [-0.2, 0) is 30.2 Å². The molecule has 0 atom stereocenters. The van der Waals surface area contributed by atoms with Crippen molar-refractivity contribution in [1.29, 1.82) is 0 Å². The van der Waals surface area contributed by atoms with Crippen LogP contribution >= 0.6 is 0 Å². The van der Waals surface area contributed by atoms with E-state index in [1.54, 1.807) is 35.0 Å². The van der Waals surface area contributed by atoms with Crippen LogP contribution in [0, 0.1) is 0 Å². The molecule has 0 unspecified atom stereocenters. The predicted octanol–water partition coefficient (Wildman–Crippen LogP) is -0.295. The van der Waals surface area contributed by atoms with E-state index in [4.69, 9.17) is 0 Å². The van der Waals surface area contributed by atoms with Crippen LogP contribution < -0.4 is 10.0 Å². The zero-order chi connectivity index (χ0) is 15.3. The number of sulfonamides is 1. The van der Waals surface area contributed by atoms with E-state index >= 15 is 0 Å². The number of aryl methyl sites for hydroxylation is 2. The highest BCUT2D eigenvalue weighted by Gasteiger charge is 2.16. The van der Waals surface area contributed by atoms with Gasteiger partial charge in [0.25, 0.3) is 0 Å². The van der Waals surface area contributed by atoms with E-state index in [0.29, 0.717) is 6.54 Å². The Hall–Kier alpha value is -1.71. The standard InChI is InChI=1S/C12H20N6O2S/c1-13-4-3-5-18-10-12(8-15-18)21(19,20)16-7-11-6-14-17(2)9-11/h6,8-10,13,16H,3-5,7H2,1-2H3. The van der Waals surface area contributed by atoms with Gasteiger partial charge in [-0.05, 0) is 20.0 Å². The van der Waals surface area contributed by atoms with Gasteiger partial charge in [0.15, 0.2) is 0 Å². The summed E-state index contributed by atoms with van der Waals surface area (Å²) < 4.78 is 30.1. The summed E-state index contributed by atoms with van der Waals surface area (Å²) in [7, 11) is 0.116. The average Bonchev–Trinajstić information content (AvgIpc) is 3.06. The van der Waals surface area contributed by atoms with Gasteiger partial charge in [-0.2, -0.15) is 10.2 Å². The van der Waals surface area contributed by atoms with Gasteiger partial charge in [0, 0.05) is 38.1 Å². The molecule has 116 valence electrons. The van der Waals surface area contributed by atoms with Crippen molar-refractivity contribution in [2.75, 3.05) is 13.6 Å². The summed E-state index contributed by atoms with van der Waals surface area (Å²) in [6, 6.07) is 0. The first-order valence-electron chi connectivity index (χ1n) is 6.65. The zero-order valence-electron chi connectivity index (χ0n) is 12.2. The summed E-state index contributed by atoms with van der Waals surface area (Å²) in [5, 5.41) is 11.1. The summed E-state index contributed by atoms with van der Waals surface area (Å²) in [6.45, 7) is 1.75. The first-order chi connectivity index (χ1) is 10.0. The van der Waals surface area contributed by atoms with Gasteiger partial charge in [-0.1, -0.05) is 0 Å². The molecule has 2 aromatic rings. The summed E-state index contributed by atoms with van der Waals surface area (Å²) >= 11 is 0. The van der Waals surface area contributed by atoms with E-state index < -0.39 is 10.0 Å². The molecule has 0 bridgehead atoms. The lowest BCUT2D eigenvalue weighted by Gasteiger charge is -2.03. The van der Waals surface area contributed by atoms with Crippen LogP contribution in [0.2, 0.25) is 0 Å². The number of rotatable bonds is 8. The fourth-order valence-corrected chi connectivity index (χ4v) is 2.82. The lowest BCUT2D eigenvalue weighted by Crippen LogP contribution is -2.22. The molecule has 0 radical (unpaired) electrons. The Balaban J connectivity index is 1.95. The van der Waals surface area contributed by atoms with E-state index in [0.717, 1.165) is 18.5 Å². The Labute approximate surface area is 124 Å². The quantitative estimate of drug-likeness (QED) is 0.653. The molecular formula is C12H20N6O2S. The van der Waals surface area contributed by atoms with Crippen molar-refractivity contribution in [2.45, 2.75) is 24.4 Å². The Morgan fingerprint density at radius 2 is 2.05 bits per heavy atom. The Kier molecular flexibility index (Phi) is 5.10. The highest BCUT2D eigenvalue weighted by Crippen LogP contribution is 2.08. The third-order valence-electron chi connectivity index (χ3n) is 2.96. The molecule has 2 aromatic heterocycles. The Bertz CT molecular complexity index is 675. The van der Waals surface area contributed by atoms with Crippen LogP contribution in [0.3, 0.4) is 0 Å². The number of hydrogen-bond acceptors (Lipinski definition) is 5. The molecule has 0 spiro atoms. The van der Waals surface area contributed by atoms with Gasteiger partial charge in [-0.15, -0.1) is 0 Å². The fraction of sp³-hybridized carbons (Fsp3) is 0.500. The molecule has 21 heavy (non-hydrogen) atoms. The summed E-state index contributed by atoms with van der Waals surface area (Å²) in [6.07, 6.45) is 7.19. The van der Waals surface area contributed by atoms with Gasteiger partial charge in [0.05, 0.1) is 12.4 Å². The van der Waals surface area contributed by atoms with Crippen molar-refractivity contribution >= 4 is 10.0 Å². The van der Waals surface area contributed by atoms with Crippen molar-refractivity contribution in [2.24, 2.45) is 7.05 Å². The predicted molar refractivity (Wildman–Crippen MR) is 78.0 cm³/mol. The number of hydrogen-bond donors (Lipinski definition) is 2. The first kappa shape index (κ1) is 15.7. The zero-order valence-corrected chi connectivity index (χ0v) is 13.0. The van der Waals surface area contributed by atoms with Crippen molar-refractivity contribution in [3.63, 3.8) is 0 Å². The van der Waals surface area contributed by atoms with Gasteiger partial charge in [0.2, 0.25) is 10.0 Å². The molecule has 0 fully saturated rings. The number of nitrogens with zero attached hydrogens (tertiary/aromatic N) is 4. The maximum Gasteiger partial charge on any atom is 0.243 e. The summed E-state index contributed by atoms with van der Waals surface area (Å²) in [5.41, 5.74) is 0.808. The van der Waals surface area contributed by atoms with Crippen LogP contribution in [0.5, 0.6) is 0 Å². The second-order valence-electron chi connectivity index (χ2n) is 4.74. The van der Waals surface area contributed by atoms with Crippen LogP contribution in [0.4, 0.5) is 0 Å². The van der Waals surface area contributed by atoms with Gasteiger partial charge >= 0.3 is 0 Å². The molecule has 0 aromatic carbocycles. The van der Waals surface area contributed by atoms with Gasteiger partial charge < -0.3 is 5.32 Å². The monoisotopic (exact) mass is 312 g/mol. The highest BCUT2D eigenvalue weighted by molar-refractivity contribution is 7.89. The van der Waals surface area contributed by atoms with Crippen LogP contribution in [-0.4, -0.2) is 41.6 Å². The first-order valence-corrected chi connectivity index (χ1v) is 8.14. The van der Waals surface area contributed by atoms with Crippen LogP contribution in [0.15, 0.2) is 29.7 Å². The van der Waals surface area contributed by atoms with E-state index in [9.17, 15) is 8.42 Å². The molecule has 2 heterocycles. The van der Waals surface area contributed by atoms with Crippen molar-refractivity contribution in [3.05, 3.63) is 30.4 Å². The van der Waals surface area contributed by atoms with Gasteiger partial charge in [0.1, 0.15) is 4.90 Å². The minimum absolute atomic E-state index is 0.177. The van der Waals surface area contributed by atoms with E-state index in [1.165, 1.54) is 6.20 Å². The fourth-order valence-electron chi connectivity index (χ4n) is 1.85. The minimum Gasteiger partial charge on any atom is -0.320 e. The molecule has 0 aliphatic carbocycles.